The van der Waals surface area contributed by atoms with Crippen LogP contribution >= 0.6 is 11.6 Å². The van der Waals surface area contributed by atoms with Crippen LogP contribution in [-0.4, -0.2) is 51.2 Å². The zero-order valence-electron chi connectivity index (χ0n) is 24.1. The summed E-state index contributed by atoms with van der Waals surface area (Å²) in [6.45, 7) is 9.21. The number of nitrogens with zero attached hydrogens (tertiary/aromatic N) is 3. The van der Waals surface area contributed by atoms with Gasteiger partial charge in [0.2, 0.25) is 0 Å². The molecule has 2 aromatic carbocycles. The van der Waals surface area contributed by atoms with E-state index in [9.17, 15) is 14.4 Å². The first kappa shape index (κ1) is 27.7. The number of aromatic nitrogens is 2. The average molecular weight is 574 g/mol. The van der Waals surface area contributed by atoms with Gasteiger partial charge in [-0.2, -0.15) is 9.78 Å². The fourth-order valence-electron chi connectivity index (χ4n) is 5.94. The molecule has 2 heterocycles. The minimum atomic E-state index is -0.530. The third-order valence-corrected chi connectivity index (χ3v) is 8.52. The van der Waals surface area contributed by atoms with E-state index in [2.05, 4.69) is 6.92 Å². The van der Waals surface area contributed by atoms with Crippen molar-refractivity contribution in [1.29, 1.82) is 0 Å². The van der Waals surface area contributed by atoms with Gasteiger partial charge < -0.3 is 9.64 Å². The first-order chi connectivity index (χ1) is 19.5. The summed E-state index contributed by atoms with van der Waals surface area (Å²) < 4.78 is 7.04. The molecule has 7 nitrogen and oxygen atoms in total. The zero-order valence-corrected chi connectivity index (χ0v) is 24.8. The molecular weight excluding hydrogens is 538 g/mol. The Morgan fingerprint density at radius 3 is 2.41 bits per heavy atom. The van der Waals surface area contributed by atoms with Crippen LogP contribution in [0.25, 0.3) is 16.5 Å². The fourth-order valence-corrected chi connectivity index (χ4v) is 6.21. The molecule has 3 aliphatic rings. The van der Waals surface area contributed by atoms with Gasteiger partial charge in [0.25, 0.3) is 11.8 Å². The van der Waals surface area contributed by atoms with E-state index in [0.717, 1.165) is 42.5 Å². The van der Waals surface area contributed by atoms with Crippen LogP contribution in [-0.2, 0) is 9.53 Å². The van der Waals surface area contributed by atoms with Gasteiger partial charge in [0, 0.05) is 24.0 Å². The second-order valence-electron chi connectivity index (χ2n) is 12.8. The summed E-state index contributed by atoms with van der Waals surface area (Å²) >= 11 is 6.63. The number of hydrogen-bond donors (Lipinski definition) is 0. The quantitative estimate of drug-likeness (QED) is 0.311. The Labute approximate surface area is 245 Å². The minimum absolute atomic E-state index is 0.0414. The van der Waals surface area contributed by atoms with E-state index in [1.165, 1.54) is 4.68 Å². The largest absolute Gasteiger partial charge is 0.460 e. The maximum atomic E-state index is 14.2. The molecule has 0 bridgehead atoms. The lowest BCUT2D eigenvalue weighted by molar-refractivity contribution is -0.160. The molecule has 0 N–H and O–H groups in total. The Hall–Kier alpha value is -3.45. The van der Waals surface area contributed by atoms with Crippen molar-refractivity contribution in [3.8, 4) is 0 Å². The highest BCUT2D eigenvalue weighted by Gasteiger charge is 2.33. The second kappa shape index (κ2) is 10.4. The van der Waals surface area contributed by atoms with Crippen molar-refractivity contribution in [3.63, 3.8) is 0 Å². The number of likely N-dealkylation sites (tertiary alicyclic amines) is 1. The number of hydrogen-bond acceptors (Lipinski definition) is 5. The van der Waals surface area contributed by atoms with Gasteiger partial charge in [0.05, 0.1) is 27.7 Å². The van der Waals surface area contributed by atoms with E-state index in [1.807, 2.05) is 56.0 Å². The molecule has 2 fully saturated rings. The van der Waals surface area contributed by atoms with Crippen LogP contribution < -0.4 is 0 Å². The second-order valence-corrected chi connectivity index (χ2v) is 13.2. The number of ether oxygens (including phenoxy) is 1. The average Bonchev–Trinajstić information content (AvgIpc) is 3.69. The standard InChI is InChI=1S/C33H36ClN3O4/c1-19-17-36(18-19)30(38)23-14-15-25-27(16-23)37(31(39)28-24(20-8-9-20)6-5-7-26(28)34)35-29(25)21-10-12-22(13-11-21)32(40)41-33(2,3)4/h5-7,10,14-16,19-20,22H,8-9,11-13,17-18H2,1-4H3. The maximum Gasteiger partial charge on any atom is 0.309 e. The Morgan fingerprint density at radius 2 is 1.78 bits per heavy atom. The summed E-state index contributed by atoms with van der Waals surface area (Å²) in [6.07, 6.45) is 5.93. The molecule has 214 valence electrons. The number of carbonyl (C=O) groups excluding carboxylic acids is 3. The number of allylic oxidation sites excluding steroid dienone is 2. The molecule has 0 radical (unpaired) electrons. The van der Waals surface area contributed by atoms with Crippen molar-refractivity contribution in [2.45, 2.75) is 71.3 Å². The summed E-state index contributed by atoms with van der Waals surface area (Å²) in [5, 5.41) is 6.08. The first-order valence-electron chi connectivity index (χ1n) is 14.6. The highest BCUT2D eigenvalue weighted by atomic mass is 35.5. The van der Waals surface area contributed by atoms with E-state index in [1.54, 1.807) is 12.1 Å². The van der Waals surface area contributed by atoms with Gasteiger partial charge in [-0.15, -0.1) is 0 Å². The summed E-state index contributed by atoms with van der Waals surface area (Å²) in [4.78, 5) is 41.9. The van der Waals surface area contributed by atoms with Crippen LogP contribution in [0, 0.1) is 11.8 Å². The van der Waals surface area contributed by atoms with Crippen LogP contribution in [0.1, 0.15) is 97.7 Å². The Morgan fingerprint density at radius 1 is 1.02 bits per heavy atom. The Bertz CT molecular complexity index is 1590. The first-order valence-corrected chi connectivity index (χ1v) is 15.0. The van der Waals surface area contributed by atoms with Crippen molar-refractivity contribution in [1.82, 2.24) is 14.7 Å². The summed E-state index contributed by atoms with van der Waals surface area (Å²) in [7, 11) is 0. The van der Waals surface area contributed by atoms with Gasteiger partial charge in [0.1, 0.15) is 5.60 Å². The SMILES string of the molecule is CC1CN(C(=O)c2ccc3c(C4=CCC(C(=O)OC(C)(C)C)CC4)nn(C(=O)c4c(Cl)cccc4C4CC4)c3c2)C1. The molecule has 1 saturated heterocycles. The van der Waals surface area contributed by atoms with Gasteiger partial charge in [-0.05, 0) is 100 Å². The summed E-state index contributed by atoms with van der Waals surface area (Å²) in [5.41, 5.74) is 3.70. The smallest absolute Gasteiger partial charge is 0.309 e. The molecule has 6 rings (SSSR count). The number of rotatable bonds is 5. The molecule has 0 spiro atoms. The molecule has 1 saturated carbocycles. The van der Waals surface area contributed by atoms with Gasteiger partial charge in [-0.3, -0.25) is 14.4 Å². The molecule has 1 atom stereocenters. The number of fused-ring (bicyclic) bond motifs is 1. The maximum absolute atomic E-state index is 14.2. The normalized spacial score (nSPS) is 19.6. The van der Waals surface area contributed by atoms with Crippen molar-refractivity contribution < 1.29 is 19.1 Å². The van der Waals surface area contributed by atoms with Crippen molar-refractivity contribution >= 4 is 45.9 Å². The van der Waals surface area contributed by atoms with Crippen molar-refractivity contribution in [2.75, 3.05) is 13.1 Å². The summed E-state index contributed by atoms with van der Waals surface area (Å²) in [6, 6.07) is 11.1. The van der Waals surface area contributed by atoms with Gasteiger partial charge in [-0.25, -0.2) is 0 Å². The van der Waals surface area contributed by atoms with Crippen LogP contribution in [0.15, 0.2) is 42.5 Å². The van der Waals surface area contributed by atoms with E-state index in [0.29, 0.717) is 58.5 Å². The zero-order chi connectivity index (χ0) is 29.1. The monoisotopic (exact) mass is 573 g/mol. The predicted molar refractivity (Wildman–Crippen MR) is 159 cm³/mol. The molecule has 1 aromatic heterocycles. The molecule has 1 aliphatic heterocycles. The fraction of sp³-hybridized carbons (Fsp3) is 0.455. The molecule has 8 heteroatoms. The van der Waals surface area contributed by atoms with Crippen molar-refractivity contribution in [2.24, 2.45) is 11.8 Å². The third kappa shape index (κ3) is 5.44. The molecule has 1 unspecified atom stereocenters. The number of carbonyl (C=O) groups is 3. The highest BCUT2D eigenvalue weighted by Crippen LogP contribution is 2.44. The lowest BCUT2D eigenvalue weighted by Crippen LogP contribution is -2.48. The minimum Gasteiger partial charge on any atom is -0.460 e. The topological polar surface area (TPSA) is 81.5 Å². The van der Waals surface area contributed by atoms with Gasteiger partial charge in [0.15, 0.2) is 0 Å². The van der Waals surface area contributed by atoms with E-state index in [4.69, 9.17) is 21.4 Å². The van der Waals surface area contributed by atoms with Crippen LogP contribution in [0.3, 0.4) is 0 Å². The molecule has 1 amide bonds. The van der Waals surface area contributed by atoms with Crippen LogP contribution in [0.4, 0.5) is 0 Å². The van der Waals surface area contributed by atoms with E-state index in [-0.39, 0.29) is 23.7 Å². The van der Waals surface area contributed by atoms with E-state index >= 15 is 0 Å². The van der Waals surface area contributed by atoms with Crippen molar-refractivity contribution in [3.05, 3.63) is 69.9 Å². The third-order valence-electron chi connectivity index (χ3n) is 8.20. The highest BCUT2D eigenvalue weighted by molar-refractivity contribution is 6.34. The number of halogens is 1. The number of esters is 1. The van der Waals surface area contributed by atoms with Crippen LogP contribution in [0.2, 0.25) is 5.02 Å². The number of benzene rings is 2. The molecule has 3 aromatic rings. The Balaban J connectivity index is 1.40. The molecule has 2 aliphatic carbocycles. The predicted octanol–water partition coefficient (Wildman–Crippen LogP) is 6.87. The molecule has 41 heavy (non-hydrogen) atoms. The Kier molecular flexibility index (Phi) is 7.05. The van der Waals surface area contributed by atoms with E-state index < -0.39 is 5.60 Å². The number of amides is 1. The van der Waals surface area contributed by atoms with Gasteiger partial charge in [-0.1, -0.05) is 36.7 Å². The van der Waals surface area contributed by atoms with Gasteiger partial charge >= 0.3 is 5.97 Å². The lowest BCUT2D eigenvalue weighted by atomic mass is 9.87. The summed E-state index contributed by atoms with van der Waals surface area (Å²) in [5.74, 6) is 0.0863. The molecular formula is C33H36ClN3O4. The lowest BCUT2D eigenvalue weighted by Gasteiger charge is -2.37. The van der Waals surface area contributed by atoms with Crippen LogP contribution in [0.5, 0.6) is 0 Å².